The van der Waals surface area contributed by atoms with Gasteiger partial charge in [-0.05, 0) is 74.6 Å². The lowest BCUT2D eigenvalue weighted by molar-refractivity contribution is 0.0188. The third-order valence-corrected chi connectivity index (χ3v) is 6.94. The molecule has 0 N–H and O–H groups in total. The molecule has 0 bridgehead atoms. The van der Waals surface area contributed by atoms with Gasteiger partial charge in [-0.25, -0.2) is 18.0 Å². The number of carbonyl (C=O) groups excluding carboxylic acids is 1. The Bertz CT molecular complexity index is 1300. The molecule has 3 aromatic carbocycles. The summed E-state index contributed by atoms with van der Waals surface area (Å²) in [6.45, 7) is 5.76. The Morgan fingerprint density at radius 3 is 2.29 bits per heavy atom. The highest BCUT2D eigenvalue weighted by Gasteiger charge is 2.30. The van der Waals surface area contributed by atoms with Crippen LogP contribution in [0.5, 0.6) is 5.75 Å². The van der Waals surface area contributed by atoms with Crippen molar-refractivity contribution in [1.82, 2.24) is 0 Å². The lowest BCUT2D eigenvalue weighted by Gasteiger charge is -2.29. The van der Waals surface area contributed by atoms with Crippen LogP contribution in [0.15, 0.2) is 61.2 Å². The number of allylic oxidation sites excluding steroid dienone is 1. The molecule has 0 atom stereocenters. The minimum Gasteiger partial charge on any atom is -0.490 e. The topological polar surface area (TPSA) is 35.5 Å². The average Bonchev–Trinajstić information content (AvgIpc) is 2.91. The first kappa shape index (κ1) is 27.4. The molecular weight excluding hydrogens is 496 g/mol. The fourth-order valence-corrected chi connectivity index (χ4v) is 4.75. The molecule has 0 amide bonds. The van der Waals surface area contributed by atoms with Gasteiger partial charge in [0.2, 0.25) is 5.82 Å². The molecule has 0 heterocycles. The largest absolute Gasteiger partial charge is 0.490 e. The number of aryl methyl sites for hydroxylation is 1. The Morgan fingerprint density at radius 2 is 1.61 bits per heavy atom. The highest BCUT2D eigenvalue weighted by Crippen LogP contribution is 2.38. The van der Waals surface area contributed by atoms with E-state index in [0.717, 1.165) is 12.0 Å². The minimum absolute atomic E-state index is 0.0574. The van der Waals surface area contributed by atoms with Crippen molar-refractivity contribution in [1.29, 1.82) is 0 Å². The molecule has 0 spiro atoms. The van der Waals surface area contributed by atoms with Crippen molar-refractivity contribution in [3.05, 3.63) is 101 Å². The van der Waals surface area contributed by atoms with E-state index in [-0.39, 0.29) is 29.4 Å². The van der Waals surface area contributed by atoms with Crippen LogP contribution < -0.4 is 4.74 Å². The monoisotopic (exact) mass is 526 g/mol. The number of carbonyl (C=O) groups is 1. The summed E-state index contributed by atoms with van der Waals surface area (Å²) in [5, 5.41) is 0. The highest BCUT2D eigenvalue weighted by molar-refractivity contribution is 5.90. The smallest absolute Gasteiger partial charge is 0.341 e. The number of rotatable bonds is 9. The van der Waals surface area contributed by atoms with Crippen molar-refractivity contribution >= 4 is 5.97 Å². The summed E-state index contributed by atoms with van der Waals surface area (Å²) in [5.74, 6) is -5.64. The Hall–Kier alpha value is -3.61. The van der Waals surface area contributed by atoms with E-state index in [0.29, 0.717) is 37.7 Å². The van der Waals surface area contributed by atoms with E-state index in [4.69, 9.17) is 9.47 Å². The SMILES string of the molecule is C=CCCCOc1ccc(C2CCC(OC(=O)c3ccc(-c4ccc(C)cc4)c(F)c3F)CC2)c(F)c1F. The summed E-state index contributed by atoms with van der Waals surface area (Å²) < 4.78 is 69.6. The molecular formula is C31H30F4O3. The molecule has 1 aliphatic rings. The zero-order valence-corrected chi connectivity index (χ0v) is 21.2. The molecule has 0 aliphatic heterocycles. The lowest BCUT2D eigenvalue weighted by atomic mass is 9.82. The van der Waals surface area contributed by atoms with Crippen LogP contribution in [0.2, 0.25) is 0 Å². The second-order valence-corrected chi connectivity index (χ2v) is 9.59. The summed E-state index contributed by atoms with van der Waals surface area (Å²) in [5.41, 5.74) is 1.32. The van der Waals surface area contributed by atoms with Crippen molar-refractivity contribution in [3.63, 3.8) is 0 Å². The van der Waals surface area contributed by atoms with Crippen molar-refractivity contribution in [2.24, 2.45) is 0 Å². The van der Waals surface area contributed by atoms with E-state index < -0.39 is 40.9 Å². The first-order valence-electron chi connectivity index (χ1n) is 12.8. The van der Waals surface area contributed by atoms with Crippen molar-refractivity contribution in [2.45, 2.75) is 57.5 Å². The van der Waals surface area contributed by atoms with Crippen LogP contribution in [-0.2, 0) is 4.74 Å². The average molecular weight is 527 g/mol. The molecule has 7 heteroatoms. The van der Waals surface area contributed by atoms with Crippen molar-refractivity contribution in [2.75, 3.05) is 6.61 Å². The Balaban J connectivity index is 1.36. The highest BCUT2D eigenvalue weighted by atomic mass is 19.2. The standard InChI is InChI=1S/C31H30F4O3/c1-3-4-5-18-37-26-17-16-24(28(33)30(26)35)21-10-12-22(13-11-21)38-31(36)25-15-14-23(27(32)29(25)34)20-8-6-19(2)7-9-20/h3,6-9,14-17,21-22H,1,4-5,10-13,18H2,2H3. The molecule has 0 radical (unpaired) electrons. The van der Waals surface area contributed by atoms with Gasteiger partial charge in [0.05, 0.1) is 12.2 Å². The van der Waals surface area contributed by atoms with Gasteiger partial charge < -0.3 is 9.47 Å². The summed E-state index contributed by atoms with van der Waals surface area (Å²) in [6, 6.07) is 12.5. The number of benzene rings is 3. The maximum absolute atomic E-state index is 14.8. The van der Waals surface area contributed by atoms with Gasteiger partial charge >= 0.3 is 5.97 Å². The van der Waals surface area contributed by atoms with Crippen LogP contribution in [-0.4, -0.2) is 18.7 Å². The molecule has 3 aromatic rings. The van der Waals surface area contributed by atoms with Crippen LogP contribution in [0.1, 0.15) is 65.9 Å². The van der Waals surface area contributed by atoms with Crippen LogP contribution in [0.4, 0.5) is 17.6 Å². The molecule has 0 aromatic heterocycles. The fourth-order valence-electron chi connectivity index (χ4n) is 4.75. The minimum atomic E-state index is -1.26. The quantitative estimate of drug-likeness (QED) is 0.121. The lowest BCUT2D eigenvalue weighted by Crippen LogP contribution is -2.25. The number of hydrogen-bond donors (Lipinski definition) is 0. The predicted octanol–water partition coefficient (Wildman–Crippen LogP) is 8.45. The number of halogens is 4. The van der Waals surface area contributed by atoms with Gasteiger partial charge in [0.25, 0.3) is 0 Å². The van der Waals surface area contributed by atoms with Crippen LogP contribution in [0, 0.1) is 30.2 Å². The Morgan fingerprint density at radius 1 is 0.895 bits per heavy atom. The van der Waals surface area contributed by atoms with E-state index in [1.165, 1.54) is 24.3 Å². The maximum Gasteiger partial charge on any atom is 0.341 e. The summed E-state index contributed by atoms with van der Waals surface area (Å²) in [7, 11) is 0. The Kier molecular flexibility index (Phi) is 8.87. The number of unbranched alkanes of at least 4 members (excludes halogenated alkanes) is 1. The summed E-state index contributed by atoms with van der Waals surface area (Å²) in [4.78, 5) is 12.6. The second kappa shape index (κ2) is 12.3. The van der Waals surface area contributed by atoms with Gasteiger partial charge in [-0.2, -0.15) is 4.39 Å². The van der Waals surface area contributed by atoms with E-state index in [9.17, 15) is 22.4 Å². The van der Waals surface area contributed by atoms with Gasteiger partial charge in [0.15, 0.2) is 23.2 Å². The normalized spacial score (nSPS) is 17.2. The number of esters is 1. The van der Waals surface area contributed by atoms with Crippen LogP contribution in [0.3, 0.4) is 0 Å². The molecule has 1 fully saturated rings. The molecule has 1 aliphatic carbocycles. The molecule has 4 rings (SSSR count). The number of ether oxygens (including phenoxy) is 2. The summed E-state index contributed by atoms with van der Waals surface area (Å²) in [6.07, 6.45) is 4.27. The van der Waals surface area contributed by atoms with Gasteiger partial charge in [0.1, 0.15) is 6.10 Å². The zero-order chi connectivity index (χ0) is 27.2. The maximum atomic E-state index is 14.8. The first-order valence-corrected chi connectivity index (χ1v) is 12.8. The molecule has 200 valence electrons. The molecule has 1 saturated carbocycles. The van der Waals surface area contributed by atoms with E-state index in [2.05, 4.69) is 6.58 Å². The van der Waals surface area contributed by atoms with Gasteiger partial charge in [0, 0.05) is 5.56 Å². The van der Waals surface area contributed by atoms with E-state index in [1.807, 2.05) is 6.92 Å². The van der Waals surface area contributed by atoms with E-state index >= 15 is 0 Å². The van der Waals surface area contributed by atoms with Gasteiger partial charge in [-0.15, -0.1) is 6.58 Å². The van der Waals surface area contributed by atoms with Gasteiger partial charge in [-0.3, -0.25) is 0 Å². The second-order valence-electron chi connectivity index (χ2n) is 9.59. The van der Waals surface area contributed by atoms with Crippen LogP contribution in [0.25, 0.3) is 11.1 Å². The van der Waals surface area contributed by atoms with E-state index in [1.54, 1.807) is 30.3 Å². The molecule has 3 nitrogen and oxygen atoms in total. The molecule has 0 saturated heterocycles. The van der Waals surface area contributed by atoms with Crippen LogP contribution >= 0.6 is 0 Å². The fraction of sp³-hybridized carbons (Fsp3) is 0.323. The summed E-state index contributed by atoms with van der Waals surface area (Å²) >= 11 is 0. The third kappa shape index (κ3) is 6.09. The predicted molar refractivity (Wildman–Crippen MR) is 138 cm³/mol. The number of hydrogen-bond acceptors (Lipinski definition) is 3. The Labute approximate surface area is 220 Å². The zero-order valence-electron chi connectivity index (χ0n) is 21.2. The van der Waals surface area contributed by atoms with Crippen molar-refractivity contribution < 1.29 is 31.8 Å². The first-order chi connectivity index (χ1) is 18.3. The third-order valence-electron chi connectivity index (χ3n) is 6.94. The molecule has 0 unspecified atom stereocenters. The van der Waals surface area contributed by atoms with Crippen molar-refractivity contribution in [3.8, 4) is 16.9 Å². The van der Waals surface area contributed by atoms with Gasteiger partial charge in [-0.1, -0.05) is 48.0 Å². The molecule has 38 heavy (non-hydrogen) atoms.